The van der Waals surface area contributed by atoms with Crippen molar-refractivity contribution in [2.45, 2.75) is 112 Å². The summed E-state index contributed by atoms with van der Waals surface area (Å²) in [5, 5.41) is 21.3. The molecule has 2 unspecified atom stereocenters. The molecule has 0 heterocycles. The van der Waals surface area contributed by atoms with Gasteiger partial charge in [-0.1, -0.05) is 41.5 Å². The second-order valence-electron chi connectivity index (χ2n) is 14.2. The number of hydrogen-bond acceptors (Lipinski definition) is 2. The summed E-state index contributed by atoms with van der Waals surface area (Å²) in [6.07, 6.45) is 12.8. The van der Waals surface area contributed by atoms with Crippen LogP contribution in [0, 0.1) is 63.1 Å². The van der Waals surface area contributed by atoms with E-state index in [4.69, 9.17) is 0 Å². The zero-order valence-corrected chi connectivity index (χ0v) is 21.3. The average Bonchev–Trinajstić information content (AvgIpc) is 3.12. The topological polar surface area (TPSA) is 40.5 Å². The molecule has 5 aliphatic rings. The number of aliphatic hydroxyl groups is 2. The molecule has 2 N–H and O–H groups in total. The van der Waals surface area contributed by atoms with Gasteiger partial charge in [0, 0.05) is 6.61 Å². The SMILES string of the molecule is CC(C)[C@@H]1CC[C@]2(CO)CC[C@]3(C)[C@H](CCC4[C@@]5(C)CC[C@H](O)[C@H](C)[C@@H]5CC[C@]43C)C12. The number of rotatable bonds is 2. The Kier molecular flexibility index (Phi) is 5.28. The largest absolute Gasteiger partial charge is 0.396 e. The summed E-state index contributed by atoms with van der Waals surface area (Å²) in [5.74, 6) is 5.01. The van der Waals surface area contributed by atoms with E-state index in [1.807, 2.05) is 0 Å². The van der Waals surface area contributed by atoms with Gasteiger partial charge >= 0.3 is 0 Å². The van der Waals surface area contributed by atoms with E-state index >= 15 is 0 Å². The molecule has 0 bridgehead atoms. The van der Waals surface area contributed by atoms with E-state index in [1.165, 1.54) is 57.8 Å². The smallest absolute Gasteiger partial charge is 0.0568 e. The van der Waals surface area contributed by atoms with Crippen LogP contribution in [0.3, 0.4) is 0 Å². The molecule has 0 aromatic heterocycles. The van der Waals surface area contributed by atoms with E-state index in [0.717, 1.165) is 36.0 Å². The zero-order chi connectivity index (χ0) is 22.4. The van der Waals surface area contributed by atoms with Crippen LogP contribution >= 0.6 is 0 Å². The highest BCUT2D eigenvalue weighted by Gasteiger charge is 2.69. The van der Waals surface area contributed by atoms with Gasteiger partial charge in [0.15, 0.2) is 0 Å². The van der Waals surface area contributed by atoms with Crippen LogP contribution in [0.25, 0.3) is 0 Å². The second kappa shape index (κ2) is 7.21. The zero-order valence-electron chi connectivity index (χ0n) is 21.3. The van der Waals surface area contributed by atoms with Gasteiger partial charge in [0.2, 0.25) is 0 Å². The van der Waals surface area contributed by atoms with E-state index in [9.17, 15) is 10.2 Å². The van der Waals surface area contributed by atoms with Crippen LogP contribution in [0.4, 0.5) is 0 Å². The predicted molar refractivity (Wildman–Crippen MR) is 127 cm³/mol. The Morgan fingerprint density at radius 3 is 2.23 bits per heavy atom. The summed E-state index contributed by atoms with van der Waals surface area (Å²) < 4.78 is 0. The minimum Gasteiger partial charge on any atom is -0.396 e. The van der Waals surface area contributed by atoms with E-state index in [-0.39, 0.29) is 11.5 Å². The van der Waals surface area contributed by atoms with E-state index < -0.39 is 0 Å². The molecule has 0 spiro atoms. The van der Waals surface area contributed by atoms with Gasteiger partial charge in [-0.2, -0.15) is 0 Å². The molecule has 31 heavy (non-hydrogen) atoms. The first-order valence-corrected chi connectivity index (χ1v) is 13.8. The molecule has 0 aromatic carbocycles. The number of fused-ring (bicyclic) bond motifs is 7. The number of aliphatic hydroxyl groups excluding tert-OH is 2. The molecule has 5 saturated carbocycles. The predicted octanol–water partition coefficient (Wildman–Crippen LogP) is 6.69. The molecule has 2 nitrogen and oxygen atoms in total. The van der Waals surface area contributed by atoms with Crippen molar-refractivity contribution in [1.29, 1.82) is 0 Å². The molecule has 0 aliphatic heterocycles. The van der Waals surface area contributed by atoms with E-state index in [2.05, 4.69) is 41.5 Å². The minimum absolute atomic E-state index is 0.0838. The van der Waals surface area contributed by atoms with Gasteiger partial charge < -0.3 is 10.2 Å². The molecule has 0 aromatic rings. The first-order chi connectivity index (χ1) is 14.5. The van der Waals surface area contributed by atoms with Crippen LogP contribution in [-0.2, 0) is 0 Å². The Morgan fingerprint density at radius 1 is 0.806 bits per heavy atom. The molecule has 0 amide bonds. The third-order valence-electron chi connectivity index (χ3n) is 13.4. The molecule has 5 fully saturated rings. The quantitative estimate of drug-likeness (QED) is 0.512. The van der Waals surface area contributed by atoms with Crippen molar-refractivity contribution in [3.05, 3.63) is 0 Å². The molecule has 2 heteroatoms. The average molecular weight is 431 g/mol. The lowest BCUT2D eigenvalue weighted by atomic mass is 9.33. The summed E-state index contributed by atoms with van der Waals surface area (Å²) >= 11 is 0. The Hall–Kier alpha value is -0.0800. The summed E-state index contributed by atoms with van der Waals surface area (Å²) in [6, 6.07) is 0. The van der Waals surface area contributed by atoms with Crippen molar-refractivity contribution in [1.82, 2.24) is 0 Å². The van der Waals surface area contributed by atoms with Crippen LogP contribution in [-0.4, -0.2) is 22.9 Å². The Balaban J connectivity index is 1.53. The first-order valence-electron chi connectivity index (χ1n) is 13.8. The minimum atomic E-state index is -0.0838. The summed E-state index contributed by atoms with van der Waals surface area (Å²) in [5.41, 5.74) is 1.43. The summed E-state index contributed by atoms with van der Waals surface area (Å²) in [4.78, 5) is 0. The monoisotopic (exact) mass is 430 g/mol. The van der Waals surface area contributed by atoms with Crippen LogP contribution in [0.1, 0.15) is 106 Å². The first kappa shape index (κ1) is 22.7. The Labute approximate surface area is 192 Å². The summed E-state index contributed by atoms with van der Waals surface area (Å²) in [6.45, 7) is 15.7. The van der Waals surface area contributed by atoms with Gasteiger partial charge in [0.05, 0.1) is 6.10 Å². The van der Waals surface area contributed by atoms with Gasteiger partial charge in [-0.15, -0.1) is 0 Å². The third-order valence-corrected chi connectivity index (χ3v) is 13.4. The molecular weight excluding hydrogens is 380 g/mol. The van der Waals surface area contributed by atoms with Crippen molar-refractivity contribution in [3.63, 3.8) is 0 Å². The maximum atomic E-state index is 10.6. The van der Waals surface area contributed by atoms with Gasteiger partial charge in [-0.3, -0.25) is 0 Å². The van der Waals surface area contributed by atoms with Gasteiger partial charge in [-0.25, -0.2) is 0 Å². The van der Waals surface area contributed by atoms with Crippen LogP contribution in [0.2, 0.25) is 0 Å². The molecule has 0 radical (unpaired) electrons. The van der Waals surface area contributed by atoms with Crippen LogP contribution < -0.4 is 0 Å². The lowest BCUT2D eigenvalue weighted by molar-refractivity contribution is -0.239. The standard InChI is InChI=1S/C29H50O2/c1-18(2)20-9-14-29(17-30)16-15-27(5)22(25(20)29)7-8-24-26(4)12-11-23(31)19(3)21(26)10-13-28(24,27)6/h18-25,30-31H,7-17H2,1-6H3/t19-,20+,21+,22-,23+,24?,25?,26+,27-,28-,29-/m1/s1. The lowest BCUT2D eigenvalue weighted by Crippen LogP contribution is -2.65. The molecule has 11 atom stereocenters. The van der Waals surface area contributed by atoms with E-state index in [1.54, 1.807) is 0 Å². The molecule has 5 rings (SSSR count). The highest BCUT2D eigenvalue weighted by molar-refractivity contribution is 5.18. The van der Waals surface area contributed by atoms with Crippen LogP contribution in [0.5, 0.6) is 0 Å². The normalized spacial score (nSPS) is 58.9. The molecular formula is C29H50O2. The second-order valence-corrected chi connectivity index (χ2v) is 14.2. The Morgan fingerprint density at radius 2 is 1.55 bits per heavy atom. The van der Waals surface area contributed by atoms with Gasteiger partial charge in [-0.05, 0) is 127 Å². The lowest BCUT2D eigenvalue weighted by Gasteiger charge is -2.72. The van der Waals surface area contributed by atoms with Crippen molar-refractivity contribution in [3.8, 4) is 0 Å². The summed E-state index contributed by atoms with van der Waals surface area (Å²) in [7, 11) is 0. The number of hydrogen-bond donors (Lipinski definition) is 2. The maximum absolute atomic E-state index is 10.6. The molecule has 0 saturated heterocycles. The van der Waals surface area contributed by atoms with Crippen molar-refractivity contribution >= 4 is 0 Å². The van der Waals surface area contributed by atoms with Crippen molar-refractivity contribution in [2.24, 2.45) is 63.1 Å². The maximum Gasteiger partial charge on any atom is 0.0568 e. The van der Waals surface area contributed by atoms with Crippen molar-refractivity contribution < 1.29 is 10.2 Å². The third kappa shape index (κ3) is 2.76. The fourth-order valence-electron chi connectivity index (χ4n) is 11.4. The molecule has 178 valence electrons. The fourth-order valence-corrected chi connectivity index (χ4v) is 11.4. The van der Waals surface area contributed by atoms with E-state index in [0.29, 0.717) is 34.7 Å². The van der Waals surface area contributed by atoms with Crippen molar-refractivity contribution in [2.75, 3.05) is 6.61 Å². The highest BCUT2D eigenvalue weighted by Crippen LogP contribution is 2.76. The fraction of sp³-hybridized carbons (Fsp3) is 1.00. The van der Waals surface area contributed by atoms with Gasteiger partial charge in [0.25, 0.3) is 0 Å². The Bertz CT molecular complexity index is 703. The highest BCUT2D eigenvalue weighted by atomic mass is 16.3. The molecule has 5 aliphatic carbocycles. The van der Waals surface area contributed by atoms with Gasteiger partial charge in [0.1, 0.15) is 0 Å². The van der Waals surface area contributed by atoms with Crippen LogP contribution in [0.15, 0.2) is 0 Å².